The summed E-state index contributed by atoms with van der Waals surface area (Å²) in [5.74, 6) is -1.55. The number of nitro benzene ring substituents is 1. The SMILES string of the molecule is CCC(=S)SC1C(C(C)C)C(=O)N1C(O)C(=O)OCc1ccc([N+](=O)[O-])cc1. The van der Waals surface area contributed by atoms with Crippen LogP contribution >= 0.6 is 24.0 Å². The smallest absolute Gasteiger partial charge is 0.356 e. The number of hydrogen-bond acceptors (Lipinski definition) is 8. The van der Waals surface area contributed by atoms with E-state index in [4.69, 9.17) is 17.0 Å². The van der Waals surface area contributed by atoms with E-state index >= 15 is 0 Å². The number of ether oxygens (including phenoxy) is 1. The number of carbonyl (C=O) groups excluding carboxylic acids is 2. The molecule has 0 aromatic heterocycles. The average Bonchev–Trinajstić information content (AvgIpc) is 2.65. The first-order valence-electron chi connectivity index (χ1n) is 8.77. The lowest BCUT2D eigenvalue weighted by Crippen LogP contribution is -2.66. The summed E-state index contributed by atoms with van der Waals surface area (Å²) in [5, 5.41) is 20.6. The minimum Gasteiger partial charge on any atom is -0.457 e. The highest BCUT2D eigenvalue weighted by atomic mass is 32.2. The van der Waals surface area contributed by atoms with Crippen molar-refractivity contribution in [3.63, 3.8) is 0 Å². The van der Waals surface area contributed by atoms with Crippen molar-refractivity contribution in [2.45, 2.75) is 45.4 Å². The highest BCUT2D eigenvalue weighted by Crippen LogP contribution is 2.41. The third-order valence-electron chi connectivity index (χ3n) is 4.38. The molecule has 1 aromatic carbocycles. The van der Waals surface area contributed by atoms with E-state index in [0.717, 1.165) is 4.90 Å². The zero-order chi connectivity index (χ0) is 21.0. The molecule has 0 spiro atoms. The molecule has 0 saturated carbocycles. The number of esters is 1. The minimum atomic E-state index is -1.72. The molecule has 152 valence electrons. The number of hydrogen-bond donors (Lipinski definition) is 1. The standard InChI is InChI=1S/C18H22N2O6S2/c1-4-13(27)28-17-14(10(2)3)15(21)19(17)16(22)18(23)26-9-11-5-7-12(8-6-11)20(24)25/h5-8,10,14,16-17,22H,4,9H2,1-3H3. The molecule has 1 aliphatic rings. The molecule has 0 aliphatic carbocycles. The van der Waals surface area contributed by atoms with Crippen LogP contribution in [0.5, 0.6) is 0 Å². The first kappa shape index (κ1) is 22.3. The summed E-state index contributed by atoms with van der Waals surface area (Å²) >= 11 is 6.54. The molecule has 1 N–H and O–H groups in total. The lowest BCUT2D eigenvalue weighted by atomic mass is 9.86. The van der Waals surface area contributed by atoms with Crippen LogP contribution in [-0.4, -0.2) is 42.6 Å². The van der Waals surface area contributed by atoms with E-state index in [1.54, 1.807) is 0 Å². The Morgan fingerprint density at radius 1 is 1.39 bits per heavy atom. The van der Waals surface area contributed by atoms with Gasteiger partial charge in [-0.1, -0.05) is 44.8 Å². The van der Waals surface area contributed by atoms with Crippen LogP contribution in [0.1, 0.15) is 32.8 Å². The molecule has 1 aliphatic heterocycles. The van der Waals surface area contributed by atoms with Crippen LogP contribution in [0, 0.1) is 22.0 Å². The molecule has 0 bridgehead atoms. The number of likely N-dealkylation sites (tertiary alicyclic amines) is 1. The van der Waals surface area contributed by atoms with E-state index in [9.17, 15) is 24.8 Å². The van der Waals surface area contributed by atoms with Crippen LogP contribution in [0.15, 0.2) is 24.3 Å². The molecule has 3 atom stereocenters. The van der Waals surface area contributed by atoms with Gasteiger partial charge in [0.15, 0.2) is 0 Å². The maximum Gasteiger partial charge on any atom is 0.356 e. The predicted octanol–water partition coefficient (Wildman–Crippen LogP) is 2.87. The zero-order valence-corrected chi connectivity index (χ0v) is 17.4. The summed E-state index contributed by atoms with van der Waals surface area (Å²) < 4.78 is 5.77. The van der Waals surface area contributed by atoms with Crippen molar-refractivity contribution in [3.05, 3.63) is 39.9 Å². The fourth-order valence-electron chi connectivity index (χ4n) is 2.79. The fraction of sp³-hybridized carbons (Fsp3) is 0.500. The van der Waals surface area contributed by atoms with Crippen molar-refractivity contribution in [2.75, 3.05) is 0 Å². The Balaban J connectivity index is 2.01. The Morgan fingerprint density at radius 3 is 2.50 bits per heavy atom. The Kier molecular flexibility index (Phi) is 7.50. The van der Waals surface area contributed by atoms with E-state index < -0.39 is 22.5 Å². The van der Waals surface area contributed by atoms with E-state index in [1.807, 2.05) is 20.8 Å². The van der Waals surface area contributed by atoms with Crippen molar-refractivity contribution in [1.82, 2.24) is 4.90 Å². The van der Waals surface area contributed by atoms with E-state index in [2.05, 4.69) is 0 Å². The van der Waals surface area contributed by atoms with Gasteiger partial charge in [0.2, 0.25) is 12.1 Å². The van der Waals surface area contributed by atoms with Gasteiger partial charge in [-0.05, 0) is 30.0 Å². The summed E-state index contributed by atoms with van der Waals surface area (Å²) in [4.78, 5) is 35.9. The number of aliphatic hydroxyl groups is 1. The molecule has 0 radical (unpaired) electrons. The summed E-state index contributed by atoms with van der Waals surface area (Å²) in [6.07, 6.45) is -1.08. The maximum absolute atomic E-state index is 12.4. The summed E-state index contributed by atoms with van der Waals surface area (Å²) in [6.45, 7) is 5.54. The maximum atomic E-state index is 12.4. The quantitative estimate of drug-likeness (QED) is 0.222. The number of thiocarbonyl (C=S) groups is 1. The number of nitrogens with zero attached hydrogens (tertiary/aromatic N) is 2. The number of non-ortho nitro benzene ring substituents is 1. The van der Waals surface area contributed by atoms with Gasteiger partial charge in [-0.2, -0.15) is 0 Å². The molecule has 1 aromatic rings. The predicted molar refractivity (Wildman–Crippen MR) is 108 cm³/mol. The molecule has 1 heterocycles. The zero-order valence-electron chi connectivity index (χ0n) is 15.7. The number of nitro groups is 1. The van der Waals surface area contributed by atoms with Gasteiger partial charge in [0, 0.05) is 16.3 Å². The molecule has 2 rings (SSSR count). The van der Waals surface area contributed by atoms with Gasteiger partial charge in [-0.15, -0.1) is 0 Å². The van der Waals surface area contributed by atoms with Gasteiger partial charge in [0.1, 0.15) is 6.61 Å². The molecule has 1 fully saturated rings. The summed E-state index contributed by atoms with van der Waals surface area (Å²) in [5.41, 5.74) is 0.451. The van der Waals surface area contributed by atoms with E-state index in [0.29, 0.717) is 16.2 Å². The Labute approximate surface area is 172 Å². The second-order valence-corrected chi connectivity index (χ2v) is 8.62. The normalized spacial score (nSPS) is 19.9. The van der Waals surface area contributed by atoms with Crippen LogP contribution in [0.3, 0.4) is 0 Å². The van der Waals surface area contributed by atoms with Crippen LogP contribution in [0.4, 0.5) is 5.69 Å². The first-order chi connectivity index (χ1) is 13.2. The molecule has 28 heavy (non-hydrogen) atoms. The van der Waals surface area contributed by atoms with Crippen molar-refractivity contribution < 1.29 is 24.4 Å². The van der Waals surface area contributed by atoms with E-state index in [1.165, 1.54) is 36.0 Å². The fourth-order valence-corrected chi connectivity index (χ4v) is 4.43. The van der Waals surface area contributed by atoms with Gasteiger partial charge in [-0.3, -0.25) is 19.8 Å². The molecule has 8 nitrogen and oxygen atoms in total. The second kappa shape index (κ2) is 9.44. The number of rotatable bonds is 8. The number of amides is 1. The van der Waals surface area contributed by atoms with Crippen LogP contribution < -0.4 is 0 Å². The minimum absolute atomic E-state index is 0.0456. The van der Waals surface area contributed by atoms with Crippen molar-refractivity contribution >= 4 is 45.7 Å². The van der Waals surface area contributed by atoms with Gasteiger partial charge in [0.05, 0.1) is 16.2 Å². The Bertz CT molecular complexity index is 768. The topological polar surface area (TPSA) is 110 Å². The molecule has 10 heteroatoms. The largest absolute Gasteiger partial charge is 0.457 e. The molecular formula is C18H22N2O6S2. The van der Waals surface area contributed by atoms with Crippen molar-refractivity contribution in [3.8, 4) is 0 Å². The Hall–Kier alpha value is -2.04. The second-order valence-electron chi connectivity index (χ2n) is 6.65. The van der Waals surface area contributed by atoms with Gasteiger partial charge >= 0.3 is 5.97 Å². The third kappa shape index (κ3) is 4.86. The highest BCUT2D eigenvalue weighted by molar-refractivity contribution is 8.23. The number of carbonyl (C=O) groups is 2. The highest BCUT2D eigenvalue weighted by Gasteiger charge is 2.53. The number of thioether (sulfide) groups is 1. The molecular weight excluding hydrogens is 404 g/mol. The first-order valence-corrected chi connectivity index (χ1v) is 10.1. The third-order valence-corrected chi connectivity index (χ3v) is 6.27. The summed E-state index contributed by atoms with van der Waals surface area (Å²) in [6, 6.07) is 5.51. The van der Waals surface area contributed by atoms with Crippen molar-refractivity contribution in [2.24, 2.45) is 11.8 Å². The van der Waals surface area contributed by atoms with Gasteiger partial charge in [0.25, 0.3) is 5.69 Å². The van der Waals surface area contributed by atoms with Crippen LogP contribution in [0.2, 0.25) is 0 Å². The van der Waals surface area contributed by atoms with Crippen molar-refractivity contribution in [1.29, 1.82) is 0 Å². The average molecular weight is 427 g/mol. The number of β-lactam (4-membered cyclic amide) rings is 1. The molecule has 1 saturated heterocycles. The van der Waals surface area contributed by atoms with Gasteiger partial charge < -0.3 is 9.84 Å². The van der Waals surface area contributed by atoms with E-state index in [-0.39, 0.29) is 30.0 Å². The lowest BCUT2D eigenvalue weighted by Gasteiger charge is -2.49. The van der Waals surface area contributed by atoms with Gasteiger partial charge in [-0.25, -0.2) is 4.79 Å². The lowest BCUT2D eigenvalue weighted by molar-refractivity contribution is -0.384. The van der Waals surface area contributed by atoms with Crippen LogP contribution in [-0.2, 0) is 20.9 Å². The van der Waals surface area contributed by atoms with Crippen LogP contribution in [0.25, 0.3) is 0 Å². The molecule has 3 unspecified atom stereocenters. The number of benzene rings is 1. The monoisotopic (exact) mass is 426 g/mol. The number of aliphatic hydroxyl groups excluding tert-OH is 1. The molecule has 1 amide bonds. The Morgan fingerprint density at radius 2 is 2.00 bits per heavy atom. The summed E-state index contributed by atoms with van der Waals surface area (Å²) in [7, 11) is 0.